The van der Waals surface area contributed by atoms with Crippen LogP contribution in [0.25, 0.3) is 0 Å². The summed E-state index contributed by atoms with van der Waals surface area (Å²) in [6.45, 7) is 2.34. The van der Waals surface area contributed by atoms with Crippen LogP contribution in [0.1, 0.15) is 28.3 Å². The van der Waals surface area contributed by atoms with Crippen LogP contribution in [0.2, 0.25) is 0 Å². The summed E-state index contributed by atoms with van der Waals surface area (Å²) in [7, 11) is 2.83. The summed E-state index contributed by atoms with van der Waals surface area (Å²) in [5, 5.41) is 0. The van der Waals surface area contributed by atoms with E-state index in [1.165, 1.54) is 7.11 Å². The molecular weight excluding hydrogens is 420 g/mol. The van der Waals surface area contributed by atoms with Gasteiger partial charge < -0.3 is 24.5 Å². The largest absolute Gasteiger partial charge is 0.497 e. The number of aryl methyl sites for hydroxylation is 2. The average molecular weight is 447 g/mol. The Labute approximate surface area is 192 Å². The van der Waals surface area contributed by atoms with E-state index in [0.29, 0.717) is 35.6 Å². The van der Waals surface area contributed by atoms with E-state index >= 15 is 0 Å². The maximum atomic E-state index is 13.8. The molecule has 0 spiro atoms. The fourth-order valence-corrected chi connectivity index (χ4v) is 4.21. The average Bonchev–Trinajstić information content (AvgIpc) is 2.83. The van der Waals surface area contributed by atoms with Gasteiger partial charge in [-0.3, -0.25) is 4.79 Å². The van der Waals surface area contributed by atoms with Crippen molar-refractivity contribution in [3.63, 3.8) is 0 Å². The van der Waals surface area contributed by atoms with Gasteiger partial charge in [-0.25, -0.2) is 4.79 Å². The maximum Gasteiger partial charge on any atom is 0.340 e. The first-order chi connectivity index (χ1) is 15.9. The van der Waals surface area contributed by atoms with E-state index in [-0.39, 0.29) is 17.0 Å². The van der Waals surface area contributed by atoms with Crippen molar-refractivity contribution >= 4 is 5.97 Å². The molecule has 170 valence electrons. The first-order valence-electron chi connectivity index (χ1n) is 10.6. The smallest absolute Gasteiger partial charge is 0.340 e. The van der Waals surface area contributed by atoms with Gasteiger partial charge in [0.15, 0.2) is 0 Å². The van der Waals surface area contributed by atoms with Crippen LogP contribution in [-0.2, 0) is 22.5 Å². The van der Waals surface area contributed by atoms with Crippen molar-refractivity contribution in [1.82, 2.24) is 4.57 Å². The summed E-state index contributed by atoms with van der Waals surface area (Å²) in [4.78, 5) is 26.5. The standard InChI is InChI=1S/C26H26N2O5/c1-16-14-20-22(25(29)28(16)13-12-17-8-5-4-6-9-17)21(18-10-7-11-19(15-18)31-2)23(24(27)33-20)26(30)32-3/h4-11,14-15,21H,12-13,27H2,1-3H3. The Morgan fingerprint density at radius 3 is 2.55 bits per heavy atom. The summed E-state index contributed by atoms with van der Waals surface area (Å²) in [6, 6.07) is 19.0. The first-order valence-corrected chi connectivity index (χ1v) is 10.6. The van der Waals surface area contributed by atoms with E-state index in [1.54, 1.807) is 35.9 Å². The third-order valence-electron chi connectivity index (χ3n) is 5.87. The number of fused-ring (bicyclic) bond motifs is 1. The molecule has 1 aliphatic rings. The summed E-state index contributed by atoms with van der Waals surface area (Å²) in [5.41, 5.74) is 8.91. The number of pyridine rings is 1. The quantitative estimate of drug-likeness (QED) is 0.584. The number of esters is 1. The van der Waals surface area contributed by atoms with E-state index in [2.05, 4.69) is 0 Å². The highest BCUT2D eigenvalue weighted by Crippen LogP contribution is 2.42. The number of hydrogen-bond donors (Lipinski definition) is 1. The zero-order valence-corrected chi connectivity index (χ0v) is 18.8. The molecule has 1 aliphatic heterocycles. The monoisotopic (exact) mass is 446 g/mol. The van der Waals surface area contributed by atoms with Crippen LogP contribution in [0.3, 0.4) is 0 Å². The van der Waals surface area contributed by atoms with Gasteiger partial charge in [0.05, 0.1) is 25.7 Å². The molecule has 1 unspecified atom stereocenters. The number of benzene rings is 2. The molecule has 1 atom stereocenters. The number of nitrogens with zero attached hydrogens (tertiary/aromatic N) is 1. The van der Waals surface area contributed by atoms with Crippen LogP contribution >= 0.6 is 0 Å². The van der Waals surface area contributed by atoms with Crippen molar-refractivity contribution in [3.8, 4) is 11.5 Å². The van der Waals surface area contributed by atoms with Crippen molar-refractivity contribution in [2.75, 3.05) is 14.2 Å². The van der Waals surface area contributed by atoms with Crippen LogP contribution in [-0.4, -0.2) is 24.8 Å². The number of methoxy groups -OCH3 is 2. The highest BCUT2D eigenvalue weighted by molar-refractivity contribution is 5.92. The lowest BCUT2D eigenvalue weighted by Crippen LogP contribution is -2.35. The highest BCUT2D eigenvalue weighted by atomic mass is 16.5. The molecule has 4 rings (SSSR count). The molecule has 0 fully saturated rings. The van der Waals surface area contributed by atoms with Gasteiger partial charge >= 0.3 is 5.97 Å². The van der Waals surface area contributed by atoms with Gasteiger partial charge in [-0.15, -0.1) is 0 Å². The van der Waals surface area contributed by atoms with Crippen LogP contribution in [0.15, 0.2) is 76.9 Å². The molecule has 0 aliphatic carbocycles. The van der Waals surface area contributed by atoms with Crippen molar-refractivity contribution in [1.29, 1.82) is 0 Å². The number of hydrogen-bond acceptors (Lipinski definition) is 6. The Morgan fingerprint density at radius 1 is 1.09 bits per heavy atom. The second-order valence-electron chi connectivity index (χ2n) is 7.84. The second kappa shape index (κ2) is 9.24. The van der Waals surface area contributed by atoms with Gasteiger partial charge in [0, 0.05) is 18.3 Å². The molecule has 2 aromatic carbocycles. The lowest BCUT2D eigenvalue weighted by molar-refractivity contribution is -0.136. The van der Waals surface area contributed by atoms with Crippen LogP contribution in [0, 0.1) is 6.92 Å². The Bertz CT molecular complexity index is 1280. The topological polar surface area (TPSA) is 92.8 Å². The third-order valence-corrected chi connectivity index (χ3v) is 5.87. The fraction of sp³-hybridized carbons (Fsp3) is 0.231. The first kappa shape index (κ1) is 22.2. The van der Waals surface area contributed by atoms with Crippen LogP contribution in [0.5, 0.6) is 11.5 Å². The normalized spacial score (nSPS) is 14.9. The maximum absolute atomic E-state index is 13.8. The predicted molar refractivity (Wildman–Crippen MR) is 124 cm³/mol. The number of aromatic nitrogens is 1. The van der Waals surface area contributed by atoms with E-state index in [0.717, 1.165) is 11.3 Å². The molecule has 2 heterocycles. The number of carbonyl (C=O) groups is 1. The lowest BCUT2D eigenvalue weighted by atomic mass is 9.83. The Hall–Kier alpha value is -4.00. The molecule has 0 bridgehead atoms. The minimum atomic E-state index is -0.757. The zero-order valence-electron chi connectivity index (χ0n) is 18.8. The van der Waals surface area contributed by atoms with Gasteiger partial charge in [-0.2, -0.15) is 0 Å². The van der Waals surface area contributed by atoms with Gasteiger partial charge in [0.1, 0.15) is 17.1 Å². The summed E-state index contributed by atoms with van der Waals surface area (Å²) in [6.07, 6.45) is 0.687. The molecule has 1 aromatic heterocycles. The lowest BCUT2D eigenvalue weighted by Gasteiger charge is -2.29. The van der Waals surface area contributed by atoms with Gasteiger partial charge in [-0.1, -0.05) is 42.5 Å². The van der Waals surface area contributed by atoms with E-state index < -0.39 is 11.9 Å². The van der Waals surface area contributed by atoms with E-state index in [4.69, 9.17) is 19.9 Å². The van der Waals surface area contributed by atoms with Crippen LogP contribution in [0.4, 0.5) is 0 Å². The Balaban J connectivity index is 1.87. The van der Waals surface area contributed by atoms with E-state index in [9.17, 15) is 9.59 Å². The molecule has 3 aromatic rings. The van der Waals surface area contributed by atoms with Gasteiger partial charge in [0.25, 0.3) is 5.56 Å². The molecule has 0 saturated carbocycles. The van der Waals surface area contributed by atoms with Crippen molar-refractivity contribution < 1.29 is 19.0 Å². The van der Waals surface area contributed by atoms with Gasteiger partial charge in [0.2, 0.25) is 5.88 Å². The minimum Gasteiger partial charge on any atom is -0.497 e. The van der Waals surface area contributed by atoms with Gasteiger partial charge in [-0.05, 0) is 36.6 Å². The molecule has 0 saturated heterocycles. The van der Waals surface area contributed by atoms with Crippen molar-refractivity contribution in [2.24, 2.45) is 5.73 Å². The predicted octanol–water partition coefficient (Wildman–Crippen LogP) is 3.28. The molecule has 7 heteroatoms. The zero-order chi connectivity index (χ0) is 23.5. The SMILES string of the molecule is COC(=O)C1=C(N)Oc2cc(C)n(CCc3ccccc3)c(=O)c2C1c1cccc(OC)c1. The molecule has 33 heavy (non-hydrogen) atoms. The van der Waals surface area contributed by atoms with Crippen LogP contribution < -0.4 is 20.8 Å². The summed E-state index contributed by atoms with van der Waals surface area (Å²) >= 11 is 0. The highest BCUT2D eigenvalue weighted by Gasteiger charge is 2.38. The van der Waals surface area contributed by atoms with Crippen molar-refractivity contribution in [3.05, 3.63) is 105 Å². The number of ether oxygens (including phenoxy) is 3. The number of rotatable bonds is 6. The molecule has 0 radical (unpaired) electrons. The number of carbonyl (C=O) groups excluding carboxylic acids is 1. The molecule has 0 amide bonds. The Kier molecular flexibility index (Phi) is 6.22. The molecule has 2 N–H and O–H groups in total. The van der Waals surface area contributed by atoms with E-state index in [1.807, 2.05) is 43.3 Å². The second-order valence-corrected chi connectivity index (χ2v) is 7.84. The fourth-order valence-electron chi connectivity index (χ4n) is 4.21. The summed E-state index contributed by atoms with van der Waals surface area (Å²) in [5.74, 6) is -0.552. The van der Waals surface area contributed by atoms with Crippen molar-refractivity contribution in [2.45, 2.75) is 25.8 Å². The Morgan fingerprint density at radius 2 is 1.85 bits per heavy atom. The summed E-state index contributed by atoms with van der Waals surface area (Å²) < 4.78 is 17.8. The molecular formula is C26H26N2O5. The third kappa shape index (κ3) is 4.22. The number of nitrogens with two attached hydrogens (primary N) is 1. The minimum absolute atomic E-state index is 0.0806. The molecule has 7 nitrogen and oxygen atoms in total.